The number of aromatic hydroxyl groups is 1. The van der Waals surface area contributed by atoms with Crippen LogP contribution in [0.1, 0.15) is 90.4 Å². The fraction of sp³-hybridized carbons (Fsp3) is 0.588. The minimum atomic E-state index is -0.545. The first-order valence-corrected chi connectivity index (χ1v) is 24.7. The topological polar surface area (TPSA) is 139 Å². The summed E-state index contributed by atoms with van der Waals surface area (Å²) in [6.45, 7) is 21.0. The molecule has 10 rings (SSSR count). The third kappa shape index (κ3) is 8.90. The van der Waals surface area contributed by atoms with Crippen molar-refractivity contribution in [1.82, 2.24) is 40.1 Å². The minimum absolute atomic E-state index is 0.0586. The van der Waals surface area contributed by atoms with Gasteiger partial charge in [0.1, 0.15) is 35.3 Å². The highest BCUT2D eigenvalue weighted by Gasteiger charge is 2.38. The van der Waals surface area contributed by atoms with Gasteiger partial charge in [-0.05, 0) is 105 Å². The van der Waals surface area contributed by atoms with E-state index in [0.717, 1.165) is 139 Å². The molecule has 0 aliphatic carbocycles. The number of halogens is 1. The van der Waals surface area contributed by atoms with E-state index in [-0.39, 0.29) is 52.2 Å². The smallest absolute Gasteiger partial charge is 0.319 e. The summed E-state index contributed by atoms with van der Waals surface area (Å²) in [6, 6.07) is 12.4. The van der Waals surface area contributed by atoms with Gasteiger partial charge in [0.15, 0.2) is 17.4 Å². The number of aryl methyl sites for hydroxylation is 1. The van der Waals surface area contributed by atoms with Crippen molar-refractivity contribution in [3.05, 3.63) is 59.7 Å². The zero-order chi connectivity index (χ0) is 45.7. The van der Waals surface area contributed by atoms with Gasteiger partial charge < -0.3 is 34.4 Å². The standard InChI is InChI=1S/C51H67FN10O4/c1-6-34-10-7-11-35-25-38(63)26-39(44(34)35)46-45(52)47-40(28-53-46)48(61-29-36-12-13-37(30-61)54-36)56-50(55-47)65-24-23-58-17-14-51(5,15-18-58)31-59-19-21-60(22-20-59)42-27-41(66-57-42)43(32(2)3)49(64)62-16-8-9-33(62)4/h7,10-11,25-28,32-33,36-37,43,54,63H,6,8-9,12-24,29-31H2,1-5H3. The molecule has 5 aliphatic heterocycles. The lowest BCUT2D eigenvalue weighted by Crippen LogP contribution is -2.51. The van der Waals surface area contributed by atoms with Crippen LogP contribution in [0.3, 0.4) is 0 Å². The Morgan fingerprint density at radius 2 is 1.76 bits per heavy atom. The molecule has 4 unspecified atom stereocenters. The van der Waals surface area contributed by atoms with Crippen LogP contribution in [-0.4, -0.2) is 143 Å². The number of rotatable bonds is 13. The predicted octanol–water partition coefficient (Wildman–Crippen LogP) is 7.23. The van der Waals surface area contributed by atoms with Crippen LogP contribution in [0.2, 0.25) is 0 Å². The minimum Gasteiger partial charge on any atom is -0.508 e. The molecule has 0 radical (unpaired) electrons. The van der Waals surface area contributed by atoms with Crippen molar-refractivity contribution >= 4 is 39.2 Å². The molecular weight excluding hydrogens is 836 g/mol. The average molecular weight is 903 g/mol. The van der Waals surface area contributed by atoms with Gasteiger partial charge in [-0.3, -0.25) is 19.6 Å². The van der Waals surface area contributed by atoms with Gasteiger partial charge in [0.25, 0.3) is 0 Å². The van der Waals surface area contributed by atoms with E-state index >= 15 is 4.39 Å². The van der Waals surface area contributed by atoms with Crippen molar-refractivity contribution < 1.29 is 23.6 Å². The van der Waals surface area contributed by atoms with Crippen molar-refractivity contribution in [2.24, 2.45) is 11.3 Å². The number of fused-ring (bicyclic) bond motifs is 4. The Bertz CT molecular complexity index is 2540. The van der Waals surface area contributed by atoms with Crippen LogP contribution in [0.25, 0.3) is 32.9 Å². The monoisotopic (exact) mass is 903 g/mol. The summed E-state index contributed by atoms with van der Waals surface area (Å²) < 4.78 is 29.3. The summed E-state index contributed by atoms with van der Waals surface area (Å²) in [5, 5.41) is 21.2. The number of nitrogens with one attached hydrogen (secondary N) is 1. The second-order valence-electron chi connectivity index (χ2n) is 20.5. The molecule has 352 valence electrons. The van der Waals surface area contributed by atoms with Crippen LogP contribution in [0, 0.1) is 17.2 Å². The van der Waals surface area contributed by atoms with E-state index in [4.69, 9.17) is 24.2 Å². The molecule has 5 aliphatic rings. The second-order valence-corrected chi connectivity index (χ2v) is 20.5. The fourth-order valence-corrected chi connectivity index (χ4v) is 11.6. The molecule has 1 amide bonds. The number of hydrogen-bond donors (Lipinski definition) is 2. The van der Waals surface area contributed by atoms with Gasteiger partial charge in [0.05, 0.1) is 5.39 Å². The Morgan fingerprint density at radius 3 is 2.47 bits per heavy atom. The van der Waals surface area contributed by atoms with E-state index in [2.05, 4.69) is 64.7 Å². The maximum atomic E-state index is 17.1. The largest absolute Gasteiger partial charge is 0.508 e. The molecule has 0 spiro atoms. The van der Waals surface area contributed by atoms with Crippen LogP contribution < -0.4 is 19.9 Å². The number of piperazine rings is 2. The van der Waals surface area contributed by atoms with E-state index < -0.39 is 5.82 Å². The van der Waals surface area contributed by atoms with Gasteiger partial charge in [-0.2, -0.15) is 9.97 Å². The Morgan fingerprint density at radius 1 is 0.985 bits per heavy atom. The summed E-state index contributed by atoms with van der Waals surface area (Å²) in [5.41, 5.74) is 2.13. The van der Waals surface area contributed by atoms with Crippen LogP contribution in [-0.2, 0) is 11.2 Å². The summed E-state index contributed by atoms with van der Waals surface area (Å²) in [4.78, 5) is 39.6. The Labute approximate surface area is 387 Å². The number of anilines is 2. The normalized spacial score (nSPS) is 23.1. The molecule has 2 aromatic carbocycles. The molecule has 2 bridgehead atoms. The first kappa shape index (κ1) is 44.7. The van der Waals surface area contributed by atoms with Crippen molar-refractivity contribution in [2.45, 2.75) is 104 Å². The number of carbonyl (C=O) groups excluding carboxylic acids is 1. The number of benzene rings is 2. The van der Waals surface area contributed by atoms with Gasteiger partial charge >= 0.3 is 6.01 Å². The van der Waals surface area contributed by atoms with E-state index in [1.807, 2.05) is 29.2 Å². The number of ether oxygens (including phenoxy) is 1. The number of likely N-dealkylation sites (tertiary alicyclic amines) is 2. The fourth-order valence-electron chi connectivity index (χ4n) is 11.6. The molecule has 15 heteroatoms. The van der Waals surface area contributed by atoms with Gasteiger partial charge in [-0.15, -0.1) is 0 Å². The van der Waals surface area contributed by atoms with E-state index in [1.54, 1.807) is 18.3 Å². The number of aromatic nitrogens is 4. The highest BCUT2D eigenvalue weighted by atomic mass is 19.1. The summed E-state index contributed by atoms with van der Waals surface area (Å²) in [5.74, 6) is 1.65. The van der Waals surface area contributed by atoms with Gasteiger partial charge in [0, 0.05) is 94.9 Å². The van der Waals surface area contributed by atoms with Crippen molar-refractivity contribution in [3.63, 3.8) is 0 Å². The number of phenolic OH excluding ortho intramolecular Hbond substituents is 1. The van der Waals surface area contributed by atoms with Crippen molar-refractivity contribution in [3.8, 4) is 23.0 Å². The number of phenols is 1. The molecule has 2 N–H and O–H groups in total. The lowest BCUT2D eigenvalue weighted by Gasteiger charge is -2.44. The zero-order valence-corrected chi connectivity index (χ0v) is 39.4. The first-order valence-electron chi connectivity index (χ1n) is 24.7. The number of amides is 1. The van der Waals surface area contributed by atoms with Crippen LogP contribution in [0.15, 0.2) is 47.1 Å². The number of piperidine rings is 1. The number of nitrogens with zero attached hydrogens (tertiary/aromatic N) is 9. The van der Waals surface area contributed by atoms with E-state index in [9.17, 15) is 9.90 Å². The SMILES string of the molecule is CCc1cccc2cc(O)cc(-c3ncc4c(N5CC6CCC(C5)N6)nc(OCCN5CCC(C)(CN6CCN(c7cc(C(C(=O)N8CCCC8C)C(C)C)on7)CC6)CC5)nc4c3F)c12. The quantitative estimate of drug-likeness (QED) is 0.123. The van der Waals surface area contributed by atoms with E-state index in [0.29, 0.717) is 41.2 Å². The molecule has 5 fully saturated rings. The molecule has 66 heavy (non-hydrogen) atoms. The average Bonchev–Trinajstić information content (AvgIpc) is 4.06. The first-order chi connectivity index (χ1) is 31.9. The highest BCUT2D eigenvalue weighted by Crippen LogP contribution is 2.40. The molecule has 14 nitrogen and oxygen atoms in total. The molecule has 3 aromatic heterocycles. The van der Waals surface area contributed by atoms with Crippen LogP contribution in [0.5, 0.6) is 11.8 Å². The molecule has 4 atom stereocenters. The third-order valence-corrected chi connectivity index (χ3v) is 15.4. The van der Waals surface area contributed by atoms with Gasteiger partial charge in [-0.1, -0.05) is 51.1 Å². The number of pyridine rings is 1. The molecular formula is C51H67FN10O4. The number of hydrogen-bond acceptors (Lipinski definition) is 13. The molecule has 5 saturated heterocycles. The highest BCUT2D eigenvalue weighted by molar-refractivity contribution is 6.01. The summed E-state index contributed by atoms with van der Waals surface area (Å²) in [6.07, 6.45) is 8.96. The van der Waals surface area contributed by atoms with Crippen molar-refractivity contribution in [1.29, 1.82) is 0 Å². The lowest BCUT2D eigenvalue weighted by atomic mass is 9.79. The lowest BCUT2D eigenvalue weighted by molar-refractivity contribution is -0.134. The van der Waals surface area contributed by atoms with E-state index in [1.165, 1.54) is 0 Å². The van der Waals surface area contributed by atoms with Crippen LogP contribution >= 0.6 is 0 Å². The zero-order valence-electron chi connectivity index (χ0n) is 39.4. The Hall–Kier alpha value is -5.12. The number of carbonyl (C=O) groups is 1. The Kier molecular flexibility index (Phi) is 12.5. The maximum absolute atomic E-state index is 17.1. The Balaban J connectivity index is 0.773. The van der Waals surface area contributed by atoms with Crippen molar-refractivity contribution in [2.75, 3.05) is 88.4 Å². The summed E-state index contributed by atoms with van der Waals surface area (Å²) in [7, 11) is 0. The van der Waals surface area contributed by atoms with Gasteiger partial charge in [-0.25, -0.2) is 4.39 Å². The second kappa shape index (κ2) is 18.5. The van der Waals surface area contributed by atoms with Gasteiger partial charge in [0.2, 0.25) is 5.91 Å². The summed E-state index contributed by atoms with van der Waals surface area (Å²) >= 11 is 0. The molecule has 5 aromatic rings. The maximum Gasteiger partial charge on any atom is 0.319 e. The molecule has 8 heterocycles. The predicted molar refractivity (Wildman–Crippen MR) is 256 cm³/mol. The molecule has 0 saturated carbocycles. The third-order valence-electron chi connectivity index (χ3n) is 15.4. The van der Waals surface area contributed by atoms with Crippen LogP contribution in [0.4, 0.5) is 16.0 Å².